The smallest absolute Gasteiger partial charge is 0.323 e. The molecule has 0 aliphatic carbocycles. The molecule has 1 rings (SSSR count). The minimum absolute atomic E-state index is 0.00340. The number of benzene rings is 1. The lowest BCUT2D eigenvalue weighted by Gasteiger charge is -2.20. The van der Waals surface area contributed by atoms with Crippen LogP contribution >= 0.6 is 0 Å². The second-order valence-electron chi connectivity index (χ2n) is 6.31. The van der Waals surface area contributed by atoms with Crippen molar-refractivity contribution in [2.24, 2.45) is 0 Å². The first-order valence-electron chi connectivity index (χ1n) is 7.53. The number of rotatable bonds is 6. The van der Waals surface area contributed by atoms with Crippen LogP contribution in [0.15, 0.2) is 24.3 Å². The van der Waals surface area contributed by atoms with Crippen LogP contribution in [-0.2, 0) is 15.0 Å². The predicted octanol–water partition coefficient (Wildman–Crippen LogP) is 1.65. The molecule has 2 amide bonds. The second kappa shape index (κ2) is 7.76. The number of nitrogens with zero attached hydrogens (tertiary/aromatic N) is 1. The fraction of sp³-hybridized carbons (Fsp3) is 0.471. The van der Waals surface area contributed by atoms with Gasteiger partial charge in [0.05, 0.1) is 6.54 Å². The molecular weight excluding hydrogens is 296 g/mol. The van der Waals surface area contributed by atoms with Crippen LogP contribution in [0.2, 0.25) is 0 Å². The van der Waals surface area contributed by atoms with Gasteiger partial charge < -0.3 is 15.3 Å². The Hall–Kier alpha value is -2.37. The summed E-state index contributed by atoms with van der Waals surface area (Å²) in [6.07, 6.45) is 0. The van der Waals surface area contributed by atoms with Crippen LogP contribution in [0.4, 0.5) is 0 Å². The molecule has 6 heteroatoms. The molecule has 0 aliphatic rings. The fourth-order valence-electron chi connectivity index (χ4n) is 2.03. The summed E-state index contributed by atoms with van der Waals surface area (Å²) in [4.78, 5) is 35.8. The molecule has 126 valence electrons. The molecule has 6 nitrogen and oxygen atoms in total. The van der Waals surface area contributed by atoms with Gasteiger partial charge in [-0.25, -0.2) is 0 Å². The standard InChI is InChI=1S/C17H24N2O4/c1-5-19(11-15(21)22)14(20)10-18-16(23)12-6-8-13(9-7-12)17(2,3)4/h6-9H,5,10-11H2,1-4H3,(H,18,23)(H,21,22). The molecule has 1 aromatic carbocycles. The van der Waals surface area contributed by atoms with Crippen molar-refractivity contribution in [2.75, 3.05) is 19.6 Å². The molecule has 0 bridgehead atoms. The SMILES string of the molecule is CCN(CC(=O)O)C(=O)CNC(=O)c1ccc(C(C)(C)C)cc1. The van der Waals surface area contributed by atoms with Crippen LogP contribution in [0.1, 0.15) is 43.6 Å². The van der Waals surface area contributed by atoms with Gasteiger partial charge in [-0.1, -0.05) is 32.9 Å². The summed E-state index contributed by atoms with van der Waals surface area (Å²) < 4.78 is 0. The van der Waals surface area contributed by atoms with Crippen molar-refractivity contribution in [2.45, 2.75) is 33.1 Å². The van der Waals surface area contributed by atoms with Gasteiger partial charge in [0, 0.05) is 12.1 Å². The molecule has 1 aromatic rings. The first kappa shape index (κ1) is 18.7. The maximum Gasteiger partial charge on any atom is 0.323 e. The molecule has 0 unspecified atom stereocenters. The van der Waals surface area contributed by atoms with Crippen LogP contribution in [0.25, 0.3) is 0 Å². The van der Waals surface area contributed by atoms with E-state index in [0.29, 0.717) is 5.56 Å². The number of amides is 2. The van der Waals surface area contributed by atoms with Crippen molar-refractivity contribution in [3.63, 3.8) is 0 Å². The zero-order valence-corrected chi connectivity index (χ0v) is 14.0. The molecule has 23 heavy (non-hydrogen) atoms. The minimum atomic E-state index is -1.08. The lowest BCUT2D eigenvalue weighted by Crippen LogP contribution is -2.42. The van der Waals surface area contributed by atoms with Gasteiger partial charge in [0.1, 0.15) is 6.54 Å². The lowest BCUT2D eigenvalue weighted by atomic mass is 9.87. The maximum atomic E-state index is 12.0. The highest BCUT2D eigenvalue weighted by Gasteiger charge is 2.17. The molecule has 0 atom stereocenters. The summed E-state index contributed by atoms with van der Waals surface area (Å²) in [7, 11) is 0. The highest BCUT2D eigenvalue weighted by Crippen LogP contribution is 2.22. The van der Waals surface area contributed by atoms with Crippen molar-refractivity contribution in [1.29, 1.82) is 0 Å². The van der Waals surface area contributed by atoms with Crippen molar-refractivity contribution < 1.29 is 19.5 Å². The average Bonchev–Trinajstić information content (AvgIpc) is 2.49. The van der Waals surface area contributed by atoms with Crippen LogP contribution < -0.4 is 5.32 Å². The summed E-state index contributed by atoms with van der Waals surface area (Å²) in [5.74, 6) is -1.86. The fourth-order valence-corrected chi connectivity index (χ4v) is 2.03. The normalized spacial score (nSPS) is 11.0. The second-order valence-corrected chi connectivity index (χ2v) is 6.31. The molecule has 0 fully saturated rings. The Kier molecular flexibility index (Phi) is 6.30. The molecule has 0 heterocycles. The molecule has 0 spiro atoms. The van der Waals surface area contributed by atoms with E-state index in [9.17, 15) is 14.4 Å². The summed E-state index contributed by atoms with van der Waals surface area (Å²) >= 11 is 0. The summed E-state index contributed by atoms with van der Waals surface area (Å²) in [6.45, 7) is 7.63. The minimum Gasteiger partial charge on any atom is -0.480 e. The first-order valence-corrected chi connectivity index (χ1v) is 7.53. The molecule has 0 saturated heterocycles. The van der Waals surface area contributed by atoms with Gasteiger partial charge in [-0.3, -0.25) is 14.4 Å². The zero-order valence-electron chi connectivity index (χ0n) is 14.0. The number of carbonyl (C=O) groups is 3. The van der Waals surface area contributed by atoms with E-state index in [-0.39, 0.29) is 31.0 Å². The number of carboxylic acids is 1. The van der Waals surface area contributed by atoms with Crippen LogP contribution in [0.3, 0.4) is 0 Å². The predicted molar refractivity (Wildman–Crippen MR) is 87.4 cm³/mol. The lowest BCUT2D eigenvalue weighted by molar-refractivity contribution is -0.143. The van der Waals surface area contributed by atoms with Gasteiger partial charge in [0.2, 0.25) is 5.91 Å². The van der Waals surface area contributed by atoms with Gasteiger partial charge >= 0.3 is 5.97 Å². The largest absolute Gasteiger partial charge is 0.480 e. The monoisotopic (exact) mass is 320 g/mol. The number of aliphatic carboxylic acids is 1. The Morgan fingerprint density at radius 3 is 2.13 bits per heavy atom. The van der Waals surface area contributed by atoms with Crippen molar-refractivity contribution >= 4 is 17.8 Å². The van der Waals surface area contributed by atoms with E-state index in [1.165, 1.54) is 4.90 Å². The number of carboxylic acid groups (broad SMARTS) is 1. The number of hydrogen-bond donors (Lipinski definition) is 2. The summed E-state index contributed by atoms with van der Waals surface area (Å²) in [6, 6.07) is 7.21. The van der Waals surface area contributed by atoms with E-state index in [0.717, 1.165) is 5.56 Å². The Labute approximate surface area is 136 Å². The van der Waals surface area contributed by atoms with Gasteiger partial charge in [0.25, 0.3) is 5.91 Å². The molecule has 0 aliphatic heterocycles. The highest BCUT2D eigenvalue weighted by molar-refractivity contribution is 5.96. The molecule has 0 aromatic heterocycles. The van der Waals surface area contributed by atoms with Crippen molar-refractivity contribution in [1.82, 2.24) is 10.2 Å². The van der Waals surface area contributed by atoms with Gasteiger partial charge in [0.15, 0.2) is 0 Å². The molecule has 0 radical (unpaired) electrons. The molecule has 2 N–H and O–H groups in total. The zero-order chi connectivity index (χ0) is 17.6. The third-order valence-corrected chi connectivity index (χ3v) is 3.47. The quantitative estimate of drug-likeness (QED) is 0.834. The van der Waals surface area contributed by atoms with Crippen LogP contribution in [-0.4, -0.2) is 47.4 Å². The van der Waals surface area contributed by atoms with Crippen LogP contribution in [0, 0.1) is 0 Å². The van der Waals surface area contributed by atoms with E-state index < -0.39 is 11.9 Å². The molecular formula is C17H24N2O4. The molecule has 0 saturated carbocycles. The number of likely N-dealkylation sites (N-methyl/N-ethyl adjacent to an activating group) is 1. The van der Waals surface area contributed by atoms with E-state index in [1.807, 2.05) is 12.1 Å². The Balaban J connectivity index is 2.63. The Morgan fingerprint density at radius 1 is 1.13 bits per heavy atom. The first-order chi connectivity index (χ1) is 10.6. The van der Waals surface area contributed by atoms with Gasteiger partial charge in [-0.2, -0.15) is 0 Å². The summed E-state index contributed by atoms with van der Waals surface area (Å²) in [5.41, 5.74) is 1.58. The number of carbonyl (C=O) groups excluding carboxylic acids is 2. The topological polar surface area (TPSA) is 86.7 Å². The Morgan fingerprint density at radius 2 is 1.70 bits per heavy atom. The van der Waals surface area contributed by atoms with E-state index >= 15 is 0 Å². The third kappa shape index (κ3) is 5.73. The Bertz CT molecular complexity index is 573. The maximum absolute atomic E-state index is 12.0. The highest BCUT2D eigenvalue weighted by atomic mass is 16.4. The number of nitrogens with one attached hydrogen (secondary N) is 1. The van der Waals surface area contributed by atoms with Crippen molar-refractivity contribution in [3.8, 4) is 0 Å². The van der Waals surface area contributed by atoms with E-state index in [2.05, 4.69) is 26.1 Å². The van der Waals surface area contributed by atoms with E-state index in [1.54, 1.807) is 19.1 Å². The number of hydrogen-bond acceptors (Lipinski definition) is 3. The summed E-state index contributed by atoms with van der Waals surface area (Å²) in [5, 5.41) is 11.3. The average molecular weight is 320 g/mol. The van der Waals surface area contributed by atoms with Crippen molar-refractivity contribution in [3.05, 3.63) is 35.4 Å². The van der Waals surface area contributed by atoms with E-state index in [4.69, 9.17) is 5.11 Å². The van der Waals surface area contributed by atoms with Gasteiger partial charge in [-0.15, -0.1) is 0 Å². The van der Waals surface area contributed by atoms with Gasteiger partial charge in [-0.05, 0) is 30.0 Å². The van der Waals surface area contributed by atoms with Crippen LogP contribution in [0.5, 0.6) is 0 Å². The third-order valence-electron chi connectivity index (χ3n) is 3.47.